The largest absolute Gasteiger partial charge is 0.496 e. The SMILES string of the molecule is COc1cc(CCC(=O)N2CCN(C)CC2)ccc1-c1ccc(C(=O)O)cc1. The molecule has 148 valence electrons. The number of aryl methyl sites for hydroxylation is 1. The molecule has 1 N–H and O–H groups in total. The van der Waals surface area contributed by atoms with E-state index in [4.69, 9.17) is 9.84 Å². The first-order valence-electron chi connectivity index (χ1n) is 9.45. The molecule has 6 heteroatoms. The minimum absolute atomic E-state index is 0.195. The van der Waals surface area contributed by atoms with Crippen LogP contribution >= 0.6 is 0 Å². The lowest BCUT2D eigenvalue weighted by molar-refractivity contribution is -0.132. The molecule has 1 aliphatic rings. The summed E-state index contributed by atoms with van der Waals surface area (Å²) in [6.07, 6.45) is 1.15. The van der Waals surface area contributed by atoms with E-state index in [-0.39, 0.29) is 11.5 Å². The summed E-state index contributed by atoms with van der Waals surface area (Å²) in [5.74, 6) is -0.0353. The van der Waals surface area contributed by atoms with Gasteiger partial charge in [-0.1, -0.05) is 24.3 Å². The predicted octanol–water partition coefficient (Wildman–Crippen LogP) is 2.77. The van der Waals surface area contributed by atoms with Crippen molar-refractivity contribution in [3.63, 3.8) is 0 Å². The quantitative estimate of drug-likeness (QED) is 0.832. The smallest absolute Gasteiger partial charge is 0.335 e. The molecule has 0 spiro atoms. The number of nitrogens with zero attached hydrogens (tertiary/aromatic N) is 2. The van der Waals surface area contributed by atoms with Crippen LogP contribution in [0.5, 0.6) is 5.75 Å². The van der Waals surface area contributed by atoms with E-state index in [1.54, 1.807) is 31.4 Å². The number of carbonyl (C=O) groups excluding carboxylic acids is 1. The van der Waals surface area contributed by atoms with Crippen molar-refractivity contribution in [2.75, 3.05) is 40.3 Å². The number of methoxy groups -OCH3 is 1. The van der Waals surface area contributed by atoms with E-state index in [1.807, 2.05) is 23.1 Å². The number of aromatic carboxylic acids is 1. The van der Waals surface area contributed by atoms with Crippen LogP contribution in [0.3, 0.4) is 0 Å². The number of carboxylic acids is 1. The first-order chi connectivity index (χ1) is 13.5. The molecule has 3 rings (SSSR count). The molecule has 1 aliphatic heterocycles. The van der Waals surface area contributed by atoms with Crippen molar-refractivity contribution in [1.82, 2.24) is 9.80 Å². The Labute approximate surface area is 165 Å². The lowest BCUT2D eigenvalue weighted by atomic mass is 9.99. The van der Waals surface area contributed by atoms with Crippen molar-refractivity contribution in [3.8, 4) is 16.9 Å². The van der Waals surface area contributed by atoms with Crippen molar-refractivity contribution in [3.05, 3.63) is 53.6 Å². The highest BCUT2D eigenvalue weighted by molar-refractivity contribution is 5.88. The zero-order valence-electron chi connectivity index (χ0n) is 16.4. The van der Waals surface area contributed by atoms with Crippen molar-refractivity contribution in [2.24, 2.45) is 0 Å². The van der Waals surface area contributed by atoms with E-state index in [0.717, 1.165) is 42.9 Å². The Kier molecular flexibility index (Phi) is 6.31. The number of piperazine rings is 1. The third-order valence-electron chi connectivity index (χ3n) is 5.19. The Morgan fingerprint density at radius 1 is 1.04 bits per heavy atom. The molecule has 0 unspecified atom stereocenters. The molecule has 0 aromatic heterocycles. The van der Waals surface area contributed by atoms with Crippen molar-refractivity contribution >= 4 is 11.9 Å². The molecule has 2 aromatic rings. The Hall–Kier alpha value is -2.86. The summed E-state index contributed by atoms with van der Waals surface area (Å²) in [7, 11) is 3.69. The van der Waals surface area contributed by atoms with E-state index in [9.17, 15) is 9.59 Å². The Morgan fingerprint density at radius 3 is 2.32 bits per heavy atom. The number of ether oxygens (including phenoxy) is 1. The summed E-state index contributed by atoms with van der Waals surface area (Å²) in [5, 5.41) is 9.04. The summed E-state index contributed by atoms with van der Waals surface area (Å²) in [6.45, 7) is 3.44. The first kappa shape index (κ1) is 19.9. The van der Waals surface area contributed by atoms with Gasteiger partial charge in [0.1, 0.15) is 5.75 Å². The standard InChI is InChI=1S/C22H26N2O4/c1-23-11-13-24(14-12-23)21(25)10-4-16-3-9-19(20(15-16)28-2)17-5-7-18(8-6-17)22(26)27/h3,5-9,15H,4,10-14H2,1-2H3,(H,26,27). The minimum Gasteiger partial charge on any atom is -0.496 e. The molecule has 0 atom stereocenters. The number of likely N-dealkylation sites (N-methyl/N-ethyl adjacent to an activating group) is 1. The van der Waals surface area contributed by atoms with Gasteiger partial charge >= 0.3 is 5.97 Å². The number of carbonyl (C=O) groups is 2. The van der Waals surface area contributed by atoms with Crippen LogP contribution in [0.1, 0.15) is 22.3 Å². The fraction of sp³-hybridized carbons (Fsp3) is 0.364. The number of amides is 1. The van der Waals surface area contributed by atoms with E-state index < -0.39 is 5.97 Å². The van der Waals surface area contributed by atoms with Gasteiger partial charge in [0.05, 0.1) is 12.7 Å². The third-order valence-corrected chi connectivity index (χ3v) is 5.19. The number of carboxylic acid groups (broad SMARTS) is 1. The molecule has 0 aliphatic carbocycles. The molecule has 0 bridgehead atoms. The molecule has 2 aromatic carbocycles. The van der Waals surface area contributed by atoms with Gasteiger partial charge in [0.25, 0.3) is 0 Å². The third kappa shape index (κ3) is 4.70. The minimum atomic E-state index is -0.945. The fourth-order valence-corrected chi connectivity index (χ4v) is 3.39. The maximum atomic E-state index is 12.4. The normalized spacial score (nSPS) is 14.7. The van der Waals surface area contributed by atoms with E-state index >= 15 is 0 Å². The topological polar surface area (TPSA) is 70.1 Å². The number of hydrogen-bond acceptors (Lipinski definition) is 4. The highest BCUT2D eigenvalue weighted by Gasteiger charge is 2.19. The summed E-state index contributed by atoms with van der Waals surface area (Å²) in [4.78, 5) is 27.6. The van der Waals surface area contributed by atoms with Gasteiger partial charge in [-0.15, -0.1) is 0 Å². The van der Waals surface area contributed by atoms with Gasteiger partial charge in [-0.3, -0.25) is 4.79 Å². The maximum Gasteiger partial charge on any atom is 0.335 e. The molecule has 28 heavy (non-hydrogen) atoms. The second-order valence-electron chi connectivity index (χ2n) is 7.10. The maximum absolute atomic E-state index is 12.4. The van der Waals surface area contributed by atoms with Gasteiger partial charge in [-0.25, -0.2) is 4.79 Å². The lowest BCUT2D eigenvalue weighted by Crippen LogP contribution is -2.47. The fourth-order valence-electron chi connectivity index (χ4n) is 3.39. The van der Waals surface area contributed by atoms with Gasteiger partial charge < -0.3 is 19.6 Å². The van der Waals surface area contributed by atoms with Crippen molar-refractivity contribution in [1.29, 1.82) is 0 Å². The van der Waals surface area contributed by atoms with Crippen LogP contribution in [0.15, 0.2) is 42.5 Å². The van der Waals surface area contributed by atoms with Crippen molar-refractivity contribution < 1.29 is 19.4 Å². The molecule has 0 saturated carbocycles. The van der Waals surface area contributed by atoms with E-state index in [2.05, 4.69) is 11.9 Å². The van der Waals surface area contributed by atoms with Crippen LogP contribution in [0.2, 0.25) is 0 Å². The van der Waals surface area contributed by atoms with Crippen LogP contribution in [0.4, 0.5) is 0 Å². The highest BCUT2D eigenvalue weighted by atomic mass is 16.5. The van der Waals surface area contributed by atoms with Gasteiger partial charge in [-0.05, 0) is 42.8 Å². The molecule has 1 fully saturated rings. The van der Waals surface area contributed by atoms with Crippen molar-refractivity contribution in [2.45, 2.75) is 12.8 Å². The van der Waals surface area contributed by atoms with Crippen LogP contribution in [0, 0.1) is 0 Å². The van der Waals surface area contributed by atoms with Gasteiger partial charge in [0.15, 0.2) is 0 Å². The van der Waals surface area contributed by atoms with Crippen LogP contribution < -0.4 is 4.74 Å². The molecular weight excluding hydrogens is 356 g/mol. The molecule has 1 amide bonds. The second-order valence-corrected chi connectivity index (χ2v) is 7.10. The summed E-state index contributed by atoms with van der Waals surface area (Å²) < 4.78 is 5.54. The van der Waals surface area contributed by atoms with Gasteiger partial charge in [-0.2, -0.15) is 0 Å². The Balaban J connectivity index is 1.67. The Bertz CT molecular complexity index is 840. The number of hydrogen-bond donors (Lipinski definition) is 1. The van der Waals surface area contributed by atoms with Crippen LogP contribution in [-0.2, 0) is 11.2 Å². The lowest BCUT2D eigenvalue weighted by Gasteiger charge is -2.32. The molecular formula is C22H26N2O4. The summed E-state index contributed by atoms with van der Waals surface area (Å²) >= 11 is 0. The molecule has 6 nitrogen and oxygen atoms in total. The number of benzene rings is 2. The first-order valence-corrected chi connectivity index (χ1v) is 9.45. The predicted molar refractivity (Wildman–Crippen MR) is 108 cm³/mol. The molecule has 0 radical (unpaired) electrons. The summed E-state index contributed by atoms with van der Waals surface area (Å²) in [6, 6.07) is 12.6. The Morgan fingerprint density at radius 2 is 1.71 bits per heavy atom. The van der Waals surface area contributed by atoms with Gasteiger partial charge in [0.2, 0.25) is 5.91 Å². The monoisotopic (exact) mass is 382 g/mol. The average Bonchev–Trinajstić information content (AvgIpc) is 2.72. The zero-order valence-corrected chi connectivity index (χ0v) is 16.4. The van der Waals surface area contributed by atoms with Crippen LogP contribution in [-0.4, -0.2) is 67.1 Å². The van der Waals surface area contributed by atoms with E-state index in [1.165, 1.54) is 0 Å². The van der Waals surface area contributed by atoms with Gasteiger partial charge in [0, 0.05) is 38.2 Å². The summed E-state index contributed by atoms with van der Waals surface area (Å²) in [5.41, 5.74) is 3.09. The average molecular weight is 382 g/mol. The highest BCUT2D eigenvalue weighted by Crippen LogP contribution is 2.31. The zero-order chi connectivity index (χ0) is 20.1. The second kappa shape index (κ2) is 8.89. The molecule has 1 saturated heterocycles. The van der Waals surface area contributed by atoms with E-state index in [0.29, 0.717) is 18.6 Å². The molecule has 1 heterocycles. The van der Waals surface area contributed by atoms with Crippen LogP contribution in [0.25, 0.3) is 11.1 Å². The number of rotatable bonds is 6.